The van der Waals surface area contributed by atoms with E-state index in [4.69, 9.17) is 4.74 Å². The van der Waals surface area contributed by atoms with Crippen LogP contribution in [0.15, 0.2) is 35.7 Å². The van der Waals surface area contributed by atoms with Gasteiger partial charge in [0.1, 0.15) is 0 Å². The fourth-order valence-corrected chi connectivity index (χ4v) is 4.34. The highest BCUT2D eigenvalue weighted by atomic mass is 32.1. The Morgan fingerprint density at radius 2 is 2.12 bits per heavy atom. The number of hydrogen-bond donors (Lipinski definition) is 1. The number of hydrogen-bond acceptors (Lipinski definition) is 4. The summed E-state index contributed by atoms with van der Waals surface area (Å²) in [6.07, 6.45) is 1.88. The van der Waals surface area contributed by atoms with Gasteiger partial charge < -0.3 is 15.0 Å². The maximum Gasteiger partial charge on any atom is 0.237 e. The summed E-state index contributed by atoms with van der Waals surface area (Å²) in [4.78, 5) is 16.3. The highest BCUT2D eigenvalue weighted by molar-refractivity contribution is 7.10. The van der Waals surface area contributed by atoms with E-state index in [0.29, 0.717) is 6.54 Å². The molecule has 5 heteroatoms. The van der Waals surface area contributed by atoms with Crippen LogP contribution in [0, 0.1) is 6.92 Å². The number of carbonyl (C=O) groups excluding carboxylic acids is 1. The summed E-state index contributed by atoms with van der Waals surface area (Å²) in [5.41, 5.74) is 3.72. The maximum atomic E-state index is 12.9. The Balaban J connectivity index is 1.69. The van der Waals surface area contributed by atoms with E-state index in [0.717, 1.165) is 39.1 Å². The predicted octanol–water partition coefficient (Wildman–Crippen LogP) is 3.55. The van der Waals surface area contributed by atoms with Crippen molar-refractivity contribution in [1.82, 2.24) is 10.2 Å². The molecular weight excluding hydrogens is 344 g/mol. The van der Waals surface area contributed by atoms with Crippen LogP contribution in [0.1, 0.15) is 41.0 Å². The number of fused-ring (bicyclic) bond motifs is 1. The Morgan fingerprint density at radius 1 is 1.31 bits per heavy atom. The number of benzene rings is 1. The topological polar surface area (TPSA) is 41.6 Å². The van der Waals surface area contributed by atoms with E-state index < -0.39 is 0 Å². The van der Waals surface area contributed by atoms with E-state index in [9.17, 15) is 4.79 Å². The van der Waals surface area contributed by atoms with Crippen molar-refractivity contribution < 1.29 is 9.53 Å². The van der Waals surface area contributed by atoms with E-state index in [1.54, 1.807) is 11.3 Å². The second-order valence-electron chi connectivity index (χ2n) is 6.68. The summed E-state index contributed by atoms with van der Waals surface area (Å²) in [5, 5.41) is 5.42. The van der Waals surface area contributed by atoms with Gasteiger partial charge in [0.25, 0.3) is 0 Å². The van der Waals surface area contributed by atoms with Crippen LogP contribution in [0.5, 0.6) is 0 Å². The second kappa shape index (κ2) is 9.31. The fourth-order valence-electron chi connectivity index (χ4n) is 3.43. The maximum absolute atomic E-state index is 12.9. The molecule has 0 saturated heterocycles. The van der Waals surface area contributed by atoms with Crippen molar-refractivity contribution in [3.05, 3.63) is 57.3 Å². The molecule has 0 aliphatic carbocycles. The van der Waals surface area contributed by atoms with Gasteiger partial charge >= 0.3 is 0 Å². The predicted molar refractivity (Wildman–Crippen MR) is 107 cm³/mol. The fraction of sp³-hybridized carbons (Fsp3) is 0.476. The summed E-state index contributed by atoms with van der Waals surface area (Å²) in [6, 6.07) is 10.8. The van der Waals surface area contributed by atoms with E-state index in [-0.39, 0.29) is 11.9 Å². The molecule has 0 fully saturated rings. The molecule has 2 aromatic rings. The van der Waals surface area contributed by atoms with Crippen LogP contribution in [-0.4, -0.2) is 43.7 Å². The number of nitrogens with one attached hydrogen (secondary N) is 1. The van der Waals surface area contributed by atoms with Crippen LogP contribution in [0.4, 0.5) is 0 Å². The third-order valence-corrected chi connectivity index (χ3v) is 5.80. The lowest BCUT2D eigenvalue weighted by atomic mass is 9.92. The van der Waals surface area contributed by atoms with Crippen molar-refractivity contribution in [2.75, 3.05) is 32.8 Å². The van der Waals surface area contributed by atoms with Crippen molar-refractivity contribution in [1.29, 1.82) is 0 Å². The molecule has 0 spiro atoms. The van der Waals surface area contributed by atoms with E-state index in [1.807, 2.05) is 11.8 Å². The number of ether oxygens (including phenoxy) is 1. The van der Waals surface area contributed by atoms with Crippen molar-refractivity contribution in [3.63, 3.8) is 0 Å². The van der Waals surface area contributed by atoms with Crippen molar-refractivity contribution in [2.24, 2.45) is 0 Å². The summed E-state index contributed by atoms with van der Waals surface area (Å²) in [5.74, 6) is 0.170. The van der Waals surface area contributed by atoms with Crippen molar-refractivity contribution in [3.8, 4) is 0 Å². The summed E-state index contributed by atoms with van der Waals surface area (Å²) >= 11 is 1.80. The SMILES string of the molecule is CCOCCCNCC(=O)N1CCc2sccc2[C@@H]1c1ccc(C)cc1. The van der Waals surface area contributed by atoms with E-state index in [1.165, 1.54) is 21.6 Å². The average Bonchev–Trinajstić information content (AvgIpc) is 3.13. The van der Waals surface area contributed by atoms with Crippen molar-refractivity contribution >= 4 is 17.2 Å². The van der Waals surface area contributed by atoms with Gasteiger partial charge in [0.15, 0.2) is 0 Å². The zero-order chi connectivity index (χ0) is 18.4. The Morgan fingerprint density at radius 3 is 2.88 bits per heavy atom. The minimum Gasteiger partial charge on any atom is -0.382 e. The first-order chi connectivity index (χ1) is 12.7. The standard InChI is InChI=1S/C21H28N2O2S/c1-3-25-13-4-11-22-15-20(24)23-12-9-19-18(10-14-26-19)21(23)17-7-5-16(2)6-8-17/h5-8,10,14,21-22H,3-4,9,11-13,15H2,1-2H3/t21-/m0/s1. The molecule has 140 valence electrons. The lowest BCUT2D eigenvalue weighted by molar-refractivity contribution is -0.132. The number of nitrogens with zero attached hydrogens (tertiary/aromatic N) is 1. The molecule has 0 bridgehead atoms. The largest absolute Gasteiger partial charge is 0.382 e. The molecule has 1 aliphatic heterocycles. The molecule has 1 aromatic carbocycles. The second-order valence-corrected chi connectivity index (χ2v) is 7.68. The van der Waals surface area contributed by atoms with Gasteiger partial charge in [-0.2, -0.15) is 0 Å². The van der Waals surface area contributed by atoms with E-state index in [2.05, 4.69) is 48.0 Å². The smallest absolute Gasteiger partial charge is 0.237 e. The minimum absolute atomic E-state index is 0.0309. The van der Waals surface area contributed by atoms with Gasteiger partial charge in [0.2, 0.25) is 5.91 Å². The lowest BCUT2D eigenvalue weighted by Crippen LogP contribution is -2.44. The number of amides is 1. The van der Waals surface area contributed by atoms with E-state index >= 15 is 0 Å². The average molecular weight is 373 g/mol. The first kappa shape index (κ1) is 19.1. The first-order valence-electron chi connectivity index (χ1n) is 9.41. The first-order valence-corrected chi connectivity index (χ1v) is 10.3. The van der Waals surface area contributed by atoms with Crippen LogP contribution < -0.4 is 5.32 Å². The molecule has 1 aromatic heterocycles. The Labute approximate surface area is 160 Å². The van der Waals surface area contributed by atoms with Gasteiger partial charge in [-0.3, -0.25) is 4.79 Å². The highest BCUT2D eigenvalue weighted by Gasteiger charge is 2.32. The molecule has 4 nitrogen and oxygen atoms in total. The minimum atomic E-state index is 0.0309. The number of rotatable bonds is 8. The Hall–Kier alpha value is -1.69. The van der Waals surface area contributed by atoms with Crippen molar-refractivity contribution in [2.45, 2.75) is 32.7 Å². The lowest BCUT2D eigenvalue weighted by Gasteiger charge is -2.36. The molecule has 1 N–H and O–H groups in total. The normalized spacial score (nSPS) is 16.5. The van der Waals surface area contributed by atoms with Gasteiger partial charge in [-0.25, -0.2) is 0 Å². The molecule has 3 rings (SSSR count). The van der Waals surface area contributed by atoms with Gasteiger partial charge in [-0.15, -0.1) is 11.3 Å². The molecule has 0 unspecified atom stereocenters. The molecule has 0 saturated carbocycles. The van der Waals surface area contributed by atoms with Crippen LogP contribution >= 0.6 is 11.3 Å². The van der Waals surface area contributed by atoms with Crippen LogP contribution in [0.2, 0.25) is 0 Å². The zero-order valence-electron chi connectivity index (χ0n) is 15.7. The van der Waals surface area contributed by atoms with Crippen LogP contribution in [0.25, 0.3) is 0 Å². The highest BCUT2D eigenvalue weighted by Crippen LogP contribution is 2.37. The molecule has 1 amide bonds. The summed E-state index contributed by atoms with van der Waals surface area (Å²) in [6.45, 7) is 7.55. The quantitative estimate of drug-likeness (QED) is 0.721. The van der Waals surface area contributed by atoms with Gasteiger partial charge in [0, 0.05) is 24.6 Å². The number of aryl methyl sites for hydroxylation is 1. The number of carbonyl (C=O) groups is 1. The van der Waals surface area contributed by atoms with Crippen LogP contribution in [-0.2, 0) is 16.0 Å². The molecule has 2 heterocycles. The molecular formula is C21H28N2O2S. The monoisotopic (exact) mass is 372 g/mol. The summed E-state index contributed by atoms with van der Waals surface area (Å²) < 4.78 is 5.34. The molecule has 1 aliphatic rings. The number of thiophene rings is 1. The molecule has 0 radical (unpaired) electrons. The third kappa shape index (κ3) is 4.53. The van der Waals surface area contributed by atoms with Crippen LogP contribution in [0.3, 0.4) is 0 Å². The van der Waals surface area contributed by atoms with Gasteiger partial charge in [-0.05, 0) is 55.8 Å². The Bertz CT molecular complexity index is 711. The Kier molecular flexibility index (Phi) is 6.83. The molecule has 26 heavy (non-hydrogen) atoms. The third-order valence-electron chi connectivity index (χ3n) is 4.80. The molecule has 1 atom stereocenters. The zero-order valence-corrected chi connectivity index (χ0v) is 16.5. The van der Waals surface area contributed by atoms with Gasteiger partial charge in [-0.1, -0.05) is 29.8 Å². The van der Waals surface area contributed by atoms with Gasteiger partial charge in [0.05, 0.1) is 12.6 Å². The summed E-state index contributed by atoms with van der Waals surface area (Å²) in [7, 11) is 0.